The smallest absolute Gasteiger partial charge is 0.326 e. The van der Waals surface area contributed by atoms with Gasteiger partial charge in [0.05, 0.1) is 12.5 Å². The Balaban J connectivity index is 2.99. The molecule has 11 heteroatoms. The number of likely N-dealkylation sites (tertiary alicyclic amines) is 1. The van der Waals surface area contributed by atoms with Gasteiger partial charge in [-0.3, -0.25) is 19.2 Å². The number of carbonyl (C=O) groups is 5. The maximum absolute atomic E-state index is 12.9. The highest BCUT2D eigenvalue weighted by atomic mass is 16.4. The first-order valence-corrected chi connectivity index (χ1v) is 9.55. The molecule has 1 fully saturated rings. The summed E-state index contributed by atoms with van der Waals surface area (Å²) in [5.74, 6) is -4.52. The zero-order valence-electron chi connectivity index (χ0n) is 16.9. The number of rotatable bonds is 10. The van der Waals surface area contributed by atoms with Gasteiger partial charge >= 0.3 is 11.9 Å². The van der Waals surface area contributed by atoms with Gasteiger partial charge in [0.15, 0.2) is 0 Å². The molecule has 1 saturated heterocycles. The van der Waals surface area contributed by atoms with Crippen molar-refractivity contribution in [2.45, 2.75) is 70.6 Å². The summed E-state index contributed by atoms with van der Waals surface area (Å²) in [5.41, 5.74) is 5.45. The summed E-state index contributed by atoms with van der Waals surface area (Å²) in [5, 5.41) is 23.1. The molecule has 0 aliphatic carbocycles. The predicted molar refractivity (Wildman–Crippen MR) is 102 cm³/mol. The lowest BCUT2D eigenvalue weighted by Gasteiger charge is -2.29. The molecule has 0 aromatic carbocycles. The van der Waals surface area contributed by atoms with Gasteiger partial charge in [-0.15, -0.1) is 0 Å². The average molecular weight is 414 g/mol. The standard InChI is InChI=1S/C18H30N4O7/c1-9(2)7-12(17(27)22-6-4-5-13(22)18(28)29)21-16(26)11(8-14(23)24)20-15(25)10(3)19/h9-13H,4-8,19H2,1-3H3,(H,20,25)(H,21,26)(H,23,24)(H,28,29). The maximum Gasteiger partial charge on any atom is 0.326 e. The number of hydrogen-bond acceptors (Lipinski definition) is 6. The van der Waals surface area contributed by atoms with E-state index < -0.39 is 60.2 Å². The van der Waals surface area contributed by atoms with Crippen molar-refractivity contribution in [3.8, 4) is 0 Å². The van der Waals surface area contributed by atoms with Crippen LogP contribution in [0.5, 0.6) is 0 Å². The van der Waals surface area contributed by atoms with E-state index in [0.29, 0.717) is 12.8 Å². The first kappa shape index (κ1) is 24.3. The molecule has 4 unspecified atom stereocenters. The van der Waals surface area contributed by atoms with Crippen LogP contribution in [0.4, 0.5) is 0 Å². The molecule has 3 amide bonds. The topological polar surface area (TPSA) is 179 Å². The Morgan fingerprint density at radius 3 is 2.10 bits per heavy atom. The van der Waals surface area contributed by atoms with Crippen LogP contribution < -0.4 is 16.4 Å². The number of amides is 3. The number of carbonyl (C=O) groups excluding carboxylic acids is 3. The molecule has 0 radical (unpaired) electrons. The number of nitrogens with one attached hydrogen (secondary N) is 2. The molecule has 164 valence electrons. The summed E-state index contributed by atoms with van der Waals surface area (Å²) in [6, 6.07) is -4.36. The van der Waals surface area contributed by atoms with Crippen LogP contribution in [-0.2, 0) is 24.0 Å². The van der Waals surface area contributed by atoms with Gasteiger partial charge in [-0.1, -0.05) is 13.8 Å². The van der Waals surface area contributed by atoms with Crippen LogP contribution in [0.25, 0.3) is 0 Å². The Morgan fingerprint density at radius 1 is 1.03 bits per heavy atom. The van der Waals surface area contributed by atoms with E-state index in [4.69, 9.17) is 10.8 Å². The monoisotopic (exact) mass is 414 g/mol. The molecule has 4 atom stereocenters. The van der Waals surface area contributed by atoms with Crippen molar-refractivity contribution in [3.05, 3.63) is 0 Å². The number of nitrogens with zero attached hydrogens (tertiary/aromatic N) is 1. The average Bonchev–Trinajstić information content (AvgIpc) is 3.08. The number of nitrogens with two attached hydrogens (primary N) is 1. The maximum atomic E-state index is 12.9. The molecule has 0 saturated carbocycles. The van der Waals surface area contributed by atoms with Crippen molar-refractivity contribution in [1.82, 2.24) is 15.5 Å². The number of aliphatic carboxylic acids is 2. The van der Waals surface area contributed by atoms with E-state index in [1.807, 2.05) is 13.8 Å². The van der Waals surface area contributed by atoms with Crippen LogP contribution >= 0.6 is 0 Å². The first-order chi connectivity index (χ1) is 13.4. The molecule has 1 heterocycles. The Kier molecular flexibility index (Phi) is 9.02. The van der Waals surface area contributed by atoms with Crippen LogP contribution in [0, 0.1) is 5.92 Å². The van der Waals surface area contributed by atoms with Gasteiger partial charge in [0.25, 0.3) is 0 Å². The Morgan fingerprint density at radius 2 is 1.62 bits per heavy atom. The lowest BCUT2D eigenvalue weighted by molar-refractivity contribution is -0.150. The van der Waals surface area contributed by atoms with Crippen LogP contribution in [0.2, 0.25) is 0 Å². The third-order valence-electron chi connectivity index (χ3n) is 4.57. The van der Waals surface area contributed by atoms with Gasteiger partial charge < -0.3 is 31.5 Å². The fourth-order valence-electron chi connectivity index (χ4n) is 3.14. The minimum Gasteiger partial charge on any atom is -0.481 e. The molecule has 29 heavy (non-hydrogen) atoms. The second kappa shape index (κ2) is 10.7. The highest BCUT2D eigenvalue weighted by Gasteiger charge is 2.38. The molecule has 1 aliphatic heterocycles. The van der Waals surface area contributed by atoms with Crippen molar-refractivity contribution < 1.29 is 34.2 Å². The van der Waals surface area contributed by atoms with E-state index in [0.717, 1.165) is 0 Å². The number of carboxylic acid groups (broad SMARTS) is 2. The third kappa shape index (κ3) is 7.33. The largest absolute Gasteiger partial charge is 0.481 e. The zero-order valence-corrected chi connectivity index (χ0v) is 16.9. The first-order valence-electron chi connectivity index (χ1n) is 9.55. The van der Waals surface area contributed by atoms with Crippen molar-refractivity contribution in [2.24, 2.45) is 11.7 Å². The number of carboxylic acids is 2. The summed E-state index contributed by atoms with van der Waals surface area (Å²) >= 11 is 0. The second-order valence-corrected chi connectivity index (χ2v) is 7.67. The second-order valence-electron chi connectivity index (χ2n) is 7.67. The predicted octanol–water partition coefficient (Wildman–Crippen LogP) is -1.10. The van der Waals surface area contributed by atoms with Crippen LogP contribution in [0.1, 0.15) is 46.5 Å². The molecule has 1 rings (SSSR count). The fourth-order valence-corrected chi connectivity index (χ4v) is 3.14. The molecule has 1 aliphatic rings. The van der Waals surface area contributed by atoms with Crippen molar-refractivity contribution in [3.63, 3.8) is 0 Å². The van der Waals surface area contributed by atoms with Gasteiger partial charge in [0.2, 0.25) is 17.7 Å². The summed E-state index contributed by atoms with van der Waals surface area (Å²) in [6.07, 6.45) is 0.412. The SMILES string of the molecule is CC(C)CC(NC(=O)C(CC(=O)O)NC(=O)C(C)N)C(=O)N1CCCC1C(=O)O. The van der Waals surface area contributed by atoms with Gasteiger partial charge in [0, 0.05) is 6.54 Å². The minimum absolute atomic E-state index is 0.00768. The van der Waals surface area contributed by atoms with Crippen molar-refractivity contribution >= 4 is 29.7 Å². The summed E-state index contributed by atoms with van der Waals surface area (Å²) in [6.45, 7) is 5.31. The van der Waals surface area contributed by atoms with E-state index in [9.17, 15) is 29.1 Å². The highest BCUT2D eigenvalue weighted by Crippen LogP contribution is 2.20. The summed E-state index contributed by atoms with van der Waals surface area (Å²) < 4.78 is 0. The summed E-state index contributed by atoms with van der Waals surface area (Å²) in [7, 11) is 0. The molecule has 0 aromatic heterocycles. The fraction of sp³-hybridized carbons (Fsp3) is 0.722. The lowest BCUT2D eigenvalue weighted by Crippen LogP contribution is -2.57. The summed E-state index contributed by atoms with van der Waals surface area (Å²) in [4.78, 5) is 61.1. The zero-order chi connectivity index (χ0) is 22.3. The van der Waals surface area contributed by atoms with Gasteiger partial charge in [-0.25, -0.2) is 4.79 Å². The van der Waals surface area contributed by atoms with Crippen LogP contribution in [0.15, 0.2) is 0 Å². The van der Waals surface area contributed by atoms with Crippen molar-refractivity contribution in [2.75, 3.05) is 6.54 Å². The minimum atomic E-state index is -1.41. The molecular weight excluding hydrogens is 384 g/mol. The van der Waals surface area contributed by atoms with Crippen molar-refractivity contribution in [1.29, 1.82) is 0 Å². The molecule has 0 bridgehead atoms. The normalized spacial score (nSPS) is 19.3. The van der Waals surface area contributed by atoms with E-state index >= 15 is 0 Å². The molecule has 6 N–H and O–H groups in total. The lowest BCUT2D eigenvalue weighted by atomic mass is 10.0. The molecular formula is C18H30N4O7. The van der Waals surface area contributed by atoms with Crippen LogP contribution in [0.3, 0.4) is 0 Å². The molecule has 0 spiro atoms. The van der Waals surface area contributed by atoms with Crippen LogP contribution in [-0.4, -0.2) is 75.5 Å². The van der Waals surface area contributed by atoms with E-state index in [1.54, 1.807) is 0 Å². The molecule has 11 nitrogen and oxygen atoms in total. The third-order valence-corrected chi connectivity index (χ3v) is 4.57. The Bertz CT molecular complexity index is 650. The van der Waals surface area contributed by atoms with Gasteiger partial charge in [0.1, 0.15) is 18.1 Å². The Labute approximate surface area is 169 Å². The Hall–Kier alpha value is -2.69. The molecule has 0 aromatic rings. The van der Waals surface area contributed by atoms with Gasteiger partial charge in [-0.2, -0.15) is 0 Å². The highest BCUT2D eigenvalue weighted by molar-refractivity contribution is 5.95. The van der Waals surface area contributed by atoms with E-state index in [-0.39, 0.29) is 18.9 Å². The van der Waals surface area contributed by atoms with E-state index in [1.165, 1.54) is 11.8 Å². The van der Waals surface area contributed by atoms with E-state index in [2.05, 4.69) is 10.6 Å². The van der Waals surface area contributed by atoms with Gasteiger partial charge in [-0.05, 0) is 32.1 Å². The number of hydrogen-bond donors (Lipinski definition) is 5. The quantitative estimate of drug-likeness (QED) is 0.299.